The number of halogens is 1. The highest BCUT2D eigenvalue weighted by molar-refractivity contribution is 7.94. The van der Waals surface area contributed by atoms with Crippen LogP contribution in [0.25, 0.3) is 5.65 Å². The second-order valence-corrected chi connectivity index (χ2v) is 10.5. The van der Waals surface area contributed by atoms with Gasteiger partial charge in [0.1, 0.15) is 5.02 Å². The molecule has 2 rings (SSSR count). The molecule has 178 valence electrons. The predicted octanol–water partition coefficient (Wildman–Crippen LogP) is 7.46. The van der Waals surface area contributed by atoms with Crippen LogP contribution >= 0.6 is 23.6 Å². The van der Waals surface area contributed by atoms with Gasteiger partial charge in [-0.3, -0.25) is 5.10 Å². The van der Waals surface area contributed by atoms with Crippen LogP contribution in [0.2, 0.25) is 5.02 Å². The van der Waals surface area contributed by atoms with Crippen LogP contribution in [0.1, 0.15) is 110 Å². The van der Waals surface area contributed by atoms with Gasteiger partial charge in [-0.15, -0.1) is 10.2 Å². The van der Waals surface area contributed by atoms with Gasteiger partial charge in [0.05, 0.1) is 12.3 Å². The van der Waals surface area contributed by atoms with Crippen LogP contribution in [0, 0.1) is 0 Å². The highest BCUT2D eigenvalue weighted by Gasteiger charge is 2.24. The lowest BCUT2D eigenvalue weighted by Crippen LogP contribution is -2.13. The van der Waals surface area contributed by atoms with E-state index in [1.165, 1.54) is 76.3 Å². The first-order valence-electron chi connectivity index (χ1n) is 12.0. The fourth-order valence-electron chi connectivity index (χ4n) is 3.55. The normalized spacial score (nSPS) is 12.3. The summed E-state index contributed by atoms with van der Waals surface area (Å²) in [6.07, 6.45) is 15.1. The van der Waals surface area contributed by atoms with E-state index < -0.39 is 0 Å². The number of hydrogen-bond acceptors (Lipinski definition) is 5. The van der Waals surface area contributed by atoms with Crippen LogP contribution in [-0.4, -0.2) is 32.2 Å². The van der Waals surface area contributed by atoms with Crippen molar-refractivity contribution in [3.63, 3.8) is 0 Å². The molecule has 0 radical (unpaired) electrons. The lowest BCUT2D eigenvalue weighted by Gasteiger charge is -2.16. The Morgan fingerprint density at radius 3 is 2.23 bits per heavy atom. The monoisotopic (exact) mass is 472 g/mol. The summed E-state index contributed by atoms with van der Waals surface area (Å²) in [5.41, 5.74) is 1.59. The average molecular weight is 473 g/mol. The highest BCUT2D eigenvalue weighted by atomic mass is 35.5. The SMILES string of the molecule is CCCCCCCCCCCCSOOCCCc1nnc2c(Cl)c(C(C)(C)C)[nH]n12. The molecule has 0 bridgehead atoms. The third kappa shape index (κ3) is 9.32. The molecule has 0 atom stereocenters. The van der Waals surface area contributed by atoms with Crippen molar-refractivity contribution < 1.29 is 9.22 Å². The summed E-state index contributed by atoms with van der Waals surface area (Å²) >= 11 is 7.87. The van der Waals surface area contributed by atoms with Crippen molar-refractivity contribution in [3.8, 4) is 0 Å². The van der Waals surface area contributed by atoms with Gasteiger partial charge in [0.15, 0.2) is 11.5 Å². The van der Waals surface area contributed by atoms with Crippen molar-refractivity contribution in [2.45, 2.75) is 110 Å². The molecule has 2 aromatic heterocycles. The molecule has 0 spiro atoms. The zero-order chi connectivity index (χ0) is 22.5. The van der Waals surface area contributed by atoms with E-state index in [9.17, 15) is 0 Å². The van der Waals surface area contributed by atoms with Gasteiger partial charge in [-0.05, 0) is 12.8 Å². The minimum Gasteiger partial charge on any atom is -0.293 e. The molecule has 0 saturated carbocycles. The molecule has 0 aliphatic rings. The molecule has 1 N–H and O–H groups in total. The molecule has 6 nitrogen and oxygen atoms in total. The standard InChI is InChI=1S/C23H41ClN4O2S/c1-5-6-7-8-9-10-11-12-13-14-18-31-30-29-17-15-16-19-25-26-22-20(24)21(23(2,3)4)27-28(19)22/h27H,5-18H2,1-4H3. The van der Waals surface area contributed by atoms with Gasteiger partial charge in [0.25, 0.3) is 0 Å². The second kappa shape index (κ2) is 14.4. The Labute approximate surface area is 197 Å². The number of fused-ring (bicyclic) bond motifs is 1. The van der Waals surface area contributed by atoms with Gasteiger partial charge in [0, 0.05) is 29.6 Å². The van der Waals surface area contributed by atoms with Crippen molar-refractivity contribution in [2.24, 2.45) is 0 Å². The van der Waals surface area contributed by atoms with Crippen molar-refractivity contribution >= 4 is 29.3 Å². The van der Waals surface area contributed by atoms with Crippen LogP contribution in [0.3, 0.4) is 0 Å². The third-order valence-electron chi connectivity index (χ3n) is 5.42. The maximum Gasteiger partial charge on any atom is 0.196 e. The molecule has 0 amide bonds. The average Bonchev–Trinajstić information content (AvgIpc) is 3.28. The van der Waals surface area contributed by atoms with E-state index in [4.69, 9.17) is 20.8 Å². The fourth-order valence-corrected chi connectivity index (χ4v) is 4.52. The quantitative estimate of drug-likeness (QED) is 0.112. The Kier molecular flexibility index (Phi) is 12.3. The summed E-state index contributed by atoms with van der Waals surface area (Å²) < 4.78 is 7.11. The first-order chi connectivity index (χ1) is 14.9. The van der Waals surface area contributed by atoms with Crippen LogP contribution < -0.4 is 0 Å². The first kappa shape index (κ1) is 26.5. The first-order valence-corrected chi connectivity index (χ1v) is 13.3. The van der Waals surface area contributed by atoms with E-state index in [-0.39, 0.29) is 5.41 Å². The highest BCUT2D eigenvalue weighted by Crippen LogP contribution is 2.31. The number of aromatic nitrogens is 4. The van der Waals surface area contributed by atoms with Crippen molar-refractivity contribution in [3.05, 3.63) is 16.5 Å². The Bertz CT molecular complexity index is 742. The minimum atomic E-state index is -0.0720. The number of hydrogen-bond donors (Lipinski definition) is 1. The number of aromatic amines is 1. The fraction of sp³-hybridized carbons (Fsp3) is 0.826. The topological polar surface area (TPSA) is 64.4 Å². The molecule has 8 heteroatoms. The molecular weight excluding hydrogens is 432 g/mol. The molecule has 0 fully saturated rings. The molecule has 0 aliphatic heterocycles. The van der Waals surface area contributed by atoms with Gasteiger partial charge in [0.2, 0.25) is 0 Å². The zero-order valence-electron chi connectivity index (χ0n) is 19.8. The Morgan fingerprint density at radius 2 is 1.58 bits per heavy atom. The molecule has 2 heterocycles. The van der Waals surface area contributed by atoms with Crippen molar-refractivity contribution in [1.82, 2.24) is 19.8 Å². The van der Waals surface area contributed by atoms with Crippen molar-refractivity contribution in [2.75, 3.05) is 12.4 Å². The molecular formula is C23H41ClN4O2S. The van der Waals surface area contributed by atoms with Crippen LogP contribution in [0.15, 0.2) is 0 Å². The number of nitrogens with zero attached hydrogens (tertiary/aromatic N) is 3. The molecule has 0 aliphatic carbocycles. The van der Waals surface area contributed by atoms with Gasteiger partial charge in [-0.2, -0.15) is 4.33 Å². The van der Waals surface area contributed by atoms with E-state index in [2.05, 4.69) is 43.0 Å². The lowest BCUT2D eigenvalue weighted by atomic mass is 9.92. The Morgan fingerprint density at radius 1 is 0.935 bits per heavy atom. The summed E-state index contributed by atoms with van der Waals surface area (Å²) in [5, 5.41) is 12.4. The third-order valence-corrected chi connectivity index (χ3v) is 6.43. The number of unbranched alkanes of at least 4 members (excludes halogenated alkanes) is 9. The summed E-state index contributed by atoms with van der Waals surface area (Å²) in [7, 11) is 0. The molecule has 31 heavy (non-hydrogen) atoms. The minimum absolute atomic E-state index is 0.0720. The predicted molar refractivity (Wildman–Crippen MR) is 131 cm³/mol. The van der Waals surface area contributed by atoms with E-state index in [1.54, 1.807) is 0 Å². The maximum absolute atomic E-state index is 6.46. The van der Waals surface area contributed by atoms with Gasteiger partial charge in [-0.25, -0.2) is 9.40 Å². The summed E-state index contributed by atoms with van der Waals surface area (Å²) in [4.78, 5) is 5.29. The zero-order valence-corrected chi connectivity index (χ0v) is 21.4. The van der Waals surface area contributed by atoms with Gasteiger partial charge in [-0.1, -0.05) is 97.1 Å². The van der Waals surface area contributed by atoms with Crippen LogP contribution in [-0.2, 0) is 21.1 Å². The van der Waals surface area contributed by atoms with Crippen LogP contribution in [0.5, 0.6) is 0 Å². The molecule has 0 saturated heterocycles. The van der Waals surface area contributed by atoms with Gasteiger partial charge < -0.3 is 0 Å². The summed E-state index contributed by atoms with van der Waals surface area (Å²) in [6.45, 7) is 9.16. The Hall–Kier alpha value is -0.760. The largest absolute Gasteiger partial charge is 0.293 e. The van der Waals surface area contributed by atoms with E-state index in [0.29, 0.717) is 17.3 Å². The second-order valence-electron chi connectivity index (χ2n) is 9.32. The molecule has 0 unspecified atom stereocenters. The molecule has 0 aromatic carbocycles. The van der Waals surface area contributed by atoms with Gasteiger partial charge >= 0.3 is 0 Å². The smallest absolute Gasteiger partial charge is 0.196 e. The number of rotatable bonds is 17. The number of H-pyrrole nitrogens is 1. The maximum atomic E-state index is 6.46. The van der Waals surface area contributed by atoms with Crippen molar-refractivity contribution in [1.29, 1.82) is 0 Å². The van der Waals surface area contributed by atoms with E-state index in [0.717, 1.165) is 30.1 Å². The number of aryl methyl sites for hydroxylation is 1. The lowest BCUT2D eigenvalue weighted by molar-refractivity contribution is -0.191. The van der Waals surface area contributed by atoms with Crippen LogP contribution in [0.4, 0.5) is 0 Å². The van der Waals surface area contributed by atoms with E-state index in [1.807, 2.05) is 4.52 Å². The Balaban J connectivity index is 1.47. The molecule has 2 aromatic rings. The number of nitrogens with one attached hydrogen (secondary N) is 1. The summed E-state index contributed by atoms with van der Waals surface area (Å²) in [5.74, 6) is 1.84. The van der Waals surface area contributed by atoms with E-state index >= 15 is 0 Å². The summed E-state index contributed by atoms with van der Waals surface area (Å²) in [6, 6.07) is 0.